The van der Waals surface area contributed by atoms with Crippen LogP contribution in [0.15, 0.2) is 48.5 Å². The van der Waals surface area contributed by atoms with Crippen molar-refractivity contribution in [3.63, 3.8) is 0 Å². The first-order valence-electron chi connectivity index (χ1n) is 10.8. The van der Waals surface area contributed by atoms with Crippen molar-refractivity contribution in [3.05, 3.63) is 65.2 Å². The summed E-state index contributed by atoms with van der Waals surface area (Å²) >= 11 is 0. The Hall–Kier alpha value is -1.80. The highest BCUT2D eigenvalue weighted by molar-refractivity contribution is 5.44. The largest absolute Gasteiger partial charge is 0.487 e. The molecule has 2 nitrogen and oxygen atoms in total. The van der Waals surface area contributed by atoms with Crippen LogP contribution in [-0.2, 0) is 16.6 Å². The maximum absolute atomic E-state index is 6.72. The molecule has 2 heterocycles. The molecule has 0 saturated carbocycles. The molecule has 2 aliphatic rings. The molecule has 0 radical (unpaired) electrons. The Kier molecular flexibility index (Phi) is 5.03. The Morgan fingerprint density at radius 2 is 1.75 bits per heavy atom. The minimum Gasteiger partial charge on any atom is -0.487 e. The zero-order valence-electron chi connectivity index (χ0n) is 18.0. The number of hydrogen-bond acceptors (Lipinski definition) is 2. The van der Waals surface area contributed by atoms with Gasteiger partial charge in [-0.25, -0.2) is 0 Å². The lowest BCUT2D eigenvalue weighted by molar-refractivity contribution is -0.150. The summed E-state index contributed by atoms with van der Waals surface area (Å²) in [6.07, 6.45) is 4.92. The molecule has 1 saturated heterocycles. The lowest BCUT2D eigenvalue weighted by Gasteiger charge is -2.49. The lowest BCUT2D eigenvalue weighted by atomic mass is 9.74. The minimum absolute atomic E-state index is 0.116. The number of aryl methyl sites for hydroxylation is 1. The Morgan fingerprint density at radius 3 is 2.46 bits per heavy atom. The summed E-state index contributed by atoms with van der Waals surface area (Å²) in [5.74, 6) is 1.43. The molecule has 2 aliphatic heterocycles. The summed E-state index contributed by atoms with van der Waals surface area (Å²) in [5, 5.41) is 0. The fourth-order valence-electron chi connectivity index (χ4n) is 4.76. The fraction of sp³-hybridized carbons (Fsp3) is 0.538. The van der Waals surface area contributed by atoms with Crippen molar-refractivity contribution in [2.24, 2.45) is 5.92 Å². The number of hydrogen-bond donors (Lipinski definition) is 0. The van der Waals surface area contributed by atoms with Gasteiger partial charge in [-0.05, 0) is 62.1 Å². The van der Waals surface area contributed by atoms with E-state index in [1.54, 1.807) is 0 Å². The van der Waals surface area contributed by atoms with E-state index in [-0.39, 0.29) is 17.1 Å². The first kappa shape index (κ1) is 19.5. The van der Waals surface area contributed by atoms with E-state index in [1.165, 1.54) is 16.7 Å². The van der Waals surface area contributed by atoms with Crippen LogP contribution in [0.1, 0.15) is 76.7 Å². The first-order valence-corrected chi connectivity index (χ1v) is 10.8. The summed E-state index contributed by atoms with van der Waals surface area (Å²) in [5.41, 5.74) is 3.87. The normalized spacial score (nSPS) is 26.1. The average molecular weight is 379 g/mol. The molecule has 0 N–H and O–H groups in total. The Labute approximate surface area is 170 Å². The van der Waals surface area contributed by atoms with E-state index in [0.29, 0.717) is 12.0 Å². The summed E-state index contributed by atoms with van der Waals surface area (Å²) in [6.45, 7) is 11.2. The molecule has 3 atom stereocenters. The zero-order valence-corrected chi connectivity index (χ0v) is 18.0. The molecule has 28 heavy (non-hydrogen) atoms. The van der Waals surface area contributed by atoms with Gasteiger partial charge >= 0.3 is 0 Å². The monoisotopic (exact) mass is 378 g/mol. The SMILES string of the molecule is CC(C)(C)c1ccc2c(c1)OC(C)(C)[C@H]1CC[C@H](CCc3ccccc3)O[C@H]21. The Morgan fingerprint density at radius 1 is 1.00 bits per heavy atom. The van der Waals surface area contributed by atoms with Crippen LogP contribution in [0, 0.1) is 5.92 Å². The van der Waals surface area contributed by atoms with Crippen molar-refractivity contribution < 1.29 is 9.47 Å². The van der Waals surface area contributed by atoms with E-state index >= 15 is 0 Å². The van der Waals surface area contributed by atoms with E-state index in [9.17, 15) is 0 Å². The van der Waals surface area contributed by atoms with Crippen LogP contribution in [0.4, 0.5) is 0 Å². The highest BCUT2D eigenvalue weighted by Gasteiger charge is 2.47. The van der Waals surface area contributed by atoms with Crippen LogP contribution in [0.25, 0.3) is 0 Å². The molecule has 0 unspecified atom stereocenters. The first-order chi connectivity index (χ1) is 13.2. The van der Waals surface area contributed by atoms with Crippen LogP contribution in [0.2, 0.25) is 0 Å². The van der Waals surface area contributed by atoms with Crippen molar-refractivity contribution >= 4 is 0 Å². The maximum Gasteiger partial charge on any atom is 0.126 e. The molecule has 2 aromatic carbocycles. The average Bonchev–Trinajstić information content (AvgIpc) is 2.65. The molecule has 0 aliphatic carbocycles. The van der Waals surface area contributed by atoms with Gasteiger partial charge in [0.2, 0.25) is 0 Å². The Bertz CT molecular complexity index is 816. The topological polar surface area (TPSA) is 18.5 Å². The molecular weight excluding hydrogens is 344 g/mol. The molecule has 2 aromatic rings. The third-order valence-electron chi connectivity index (χ3n) is 6.55. The fourth-order valence-corrected chi connectivity index (χ4v) is 4.76. The van der Waals surface area contributed by atoms with Crippen LogP contribution in [0.5, 0.6) is 5.75 Å². The lowest BCUT2D eigenvalue weighted by Crippen LogP contribution is -2.48. The molecule has 0 bridgehead atoms. The summed E-state index contributed by atoms with van der Waals surface area (Å²) in [6, 6.07) is 17.5. The number of benzene rings is 2. The summed E-state index contributed by atoms with van der Waals surface area (Å²) < 4.78 is 13.2. The van der Waals surface area contributed by atoms with Gasteiger partial charge in [-0.2, -0.15) is 0 Å². The van der Waals surface area contributed by atoms with E-state index in [0.717, 1.165) is 31.4 Å². The van der Waals surface area contributed by atoms with Gasteiger partial charge in [0.1, 0.15) is 11.4 Å². The van der Waals surface area contributed by atoms with Crippen molar-refractivity contribution in [1.82, 2.24) is 0 Å². The highest BCUT2D eigenvalue weighted by Crippen LogP contribution is 2.51. The van der Waals surface area contributed by atoms with E-state index in [2.05, 4.69) is 83.1 Å². The smallest absolute Gasteiger partial charge is 0.126 e. The number of rotatable bonds is 3. The van der Waals surface area contributed by atoms with Gasteiger partial charge in [-0.3, -0.25) is 0 Å². The summed E-state index contributed by atoms with van der Waals surface area (Å²) in [7, 11) is 0. The second kappa shape index (κ2) is 7.22. The van der Waals surface area contributed by atoms with Crippen LogP contribution in [-0.4, -0.2) is 11.7 Å². The van der Waals surface area contributed by atoms with Crippen LogP contribution >= 0.6 is 0 Å². The van der Waals surface area contributed by atoms with Crippen molar-refractivity contribution in [3.8, 4) is 5.75 Å². The van der Waals surface area contributed by atoms with Crippen molar-refractivity contribution in [2.75, 3.05) is 0 Å². The summed E-state index contributed by atoms with van der Waals surface area (Å²) in [4.78, 5) is 0. The van der Waals surface area contributed by atoms with Gasteiger partial charge < -0.3 is 9.47 Å². The van der Waals surface area contributed by atoms with E-state index in [1.807, 2.05) is 0 Å². The molecule has 4 rings (SSSR count). The third-order valence-corrected chi connectivity index (χ3v) is 6.55. The molecule has 150 valence electrons. The van der Waals surface area contributed by atoms with E-state index < -0.39 is 0 Å². The van der Waals surface area contributed by atoms with Gasteiger partial charge in [0.05, 0.1) is 12.2 Å². The van der Waals surface area contributed by atoms with Gasteiger partial charge in [0.15, 0.2) is 0 Å². The van der Waals surface area contributed by atoms with Gasteiger partial charge in [-0.15, -0.1) is 0 Å². The van der Waals surface area contributed by atoms with Gasteiger partial charge in [0, 0.05) is 11.5 Å². The second-order valence-corrected chi connectivity index (χ2v) is 10.1. The molecule has 0 aromatic heterocycles. The maximum atomic E-state index is 6.72. The quantitative estimate of drug-likeness (QED) is 0.597. The molecule has 0 amide bonds. The van der Waals surface area contributed by atoms with Crippen molar-refractivity contribution in [1.29, 1.82) is 0 Å². The van der Waals surface area contributed by atoms with Crippen molar-refractivity contribution in [2.45, 2.75) is 83.5 Å². The Balaban J connectivity index is 1.56. The number of ether oxygens (including phenoxy) is 2. The third kappa shape index (κ3) is 3.85. The molecule has 0 spiro atoms. The van der Waals surface area contributed by atoms with Gasteiger partial charge in [0.25, 0.3) is 0 Å². The van der Waals surface area contributed by atoms with Gasteiger partial charge in [-0.1, -0.05) is 63.2 Å². The molecule has 2 heteroatoms. The highest BCUT2D eigenvalue weighted by atomic mass is 16.5. The minimum atomic E-state index is -0.196. The number of fused-ring (bicyclic) bond motifs is 3. The second-order valence-electron chi connectivity index (χ2n) is 10.1. The predicted octanol–water partition coefficient (Wildman–Crippen LogP) is 6.62. The van der Waals surface area contributed by atoms with Crippen LogP contribution in [0.3, 0.4) is 0 Å². The van der Waals surface area contributed by atoms with E-state index in [4.69, 9.17) is 9.47 Å². The van der Waals surface area contributed by atoms with Crippen LogP contribution < -0.4 is 4.74 Å². The zero-order chi connectivity index (χ0) is 19.9. The predicted molar refractivity (Wildman–Crippen MR) is 115 cm³/mol. The molecule has 1 fully saturated rings. The standard InChI is InChI=1S/C26H34O2/c1-25(2,3)19-12-15-21-23(17-19)28-26(4,5)22-16-14-20(27-24(21)22)13-11-18-9-7-6-8-10-18/h6-10,12,15,17,20,22,24H,11,13-14,16H2,1-5H3/t20-,22-,24+/m0/s1. The molecular formula is C26H34O2.